The zero-order chi connectivity index (χ0) is 16.8. The van der Waals surface area contributed by atoms with Crippen LogP contribution in [-0.2, 0) is 13.1 Å². The Morgan fingerprint density at radius 3 is 2.61 bits per heavy atom. The van der Waals surface area contributed by atoms with E-state index < -0.39 is 0 Å². The third kappa shape index (κ3) is 4.45. The third-order valence-electron chi connectivity index (χ3n) is 3.44. The molecule has 2 aromatic heterocycles. The number of aryl methyl sites for hydroxylation is 2. The van der Waals surface area contributed by atoms with Crippen LogP contribution in [0.25, 0.3) is 0 Å². The van der Waals surface area contributed by atoms with Crippen LogP contribution >= 0.6 is 0 Å². The summed E-state index contributed by atoms with van der Waals surface area (Å²) in [4.78, 5) is 14.9. The lowest BCUT2D eigenvalue weighted by Crippen LogP contribution is -2.36. The summed E-state index contributed by atoms with van der Waals surface area (Å²) in [5, 5.41) is 6.47. The highest BCUT2D eigenvalue weighted by molar-refractivity contribution is 5.79. The summed E-state index contributed by atoms with van der Waals surface area (Å²) in [7, 11) is 5.69. The fourth-order valence-electron chi connectivity index (χ4n) is 2.14. The second kappa shape index (κ2) is 7.62. The lowest BCUT2D eigenvalue weighted by atomic mass is 10.2. The number of hydrogen-bond donors (Lipinski definition) is 2. The van der Waals surface area contributed by atoms with Crippen LogP contribution in [0, 0.1) is 13.8 Å². The molecule has 0 fully saturated rings. The Hall–Kier alpha value is -2.57. The van der Waals surface area contributed by atoms with Gasteiger partial charge in [0.15, 0.2) is 5.96 Å². The molecular formula is C16H24N6O. The quantitative estimate of drug-likeness (QED) is 0.645. The van der Waals surface area contributed by atoms with Crippen LogP contribution in [-0.4, -0.2) is 37.1 Å². The molecule has 124 valence electrons. The van der Waals surface area contributed by atoms with Crippen molar-refractivity contribution < 1.29 is 4.42 Å². The molecule has 2 rings (SSSR count). The van der Waals surface area contributed by atoms with Gasteiger partial charge in [0, 0.05) is 39.4 Å². The van der Waals surface area contributed by atoms with Gasteiger partial charge in [-0.05, 0) is 19.9 Å². The van der Waals surface area contributed by atoms with Crippen molar-refractivity contribution in [2.45, 2.75) is 26.9 Å². The fourth-order valence-corrected chi connectivity index (χ4v) is 2.14. The summed E-state index contributed by atoms with van der Waals surface area (Å²) in [5.41, 5.74) is 2.01. The average molecular weight is 316 g/mol. The first kappa shape index (κ1) is 16.8. The number of aliphatic imine (C=N–C) groups is 1. The molecule has 0 saturated heterocycles. The van der Waals surface area contributed by atoms with Gasteiger partial charge in [0.25, 0.3) is 0 Å². The molecule has 0 unspecified atom stereocenters. The standard InChI is InChI=1S/C16H24N6O/c1-11-12(2)23-14(21-11)10-20-16(17-3)19-9-13-7-6-8-18-15(13)22(4)5/h6-8H,9-10H2,1-5H3,(H2,17,19,20). The third-order valence-corrected chi connectivity index (χ3v) is 3.44. The summed E-state index contributed by atoms with van der Waals surface area (Å²) in [6.45, 7) is 4.96. The van der Waals surface area contributed by atoms with E-state index in [1.165, 1.54) is 0 Å². The zero-order valence-electron chi connectivity index (χ0n) is 14.3. The Bertz CT molecular complexity index is 657. The van der Waals surface area contributed by atoms with Crippen molar-refractivity contribution in [1.29, 1.82) is 0 Å². The second-order valence-corrected chi connectivity index (χ2v) is 5.41. The van der Waals surface area contributed by atoms with Crippen LogP contribution in [0.2, 0.25) is 0 Å². The smallest absolute Gasteiger partial charge is 0.214 e. The lowest BCUT2D eigenvalue weighted by Gasteiger charge is -2.17. The summed E-state index contributed by atoms with van der Waals surface area (Å²) >= 11 is 0. The van der Waals surface area contributed by atoms with Crippen LogP contribution in [0.4, 0.5) is 5.82 Å². The van der Waals surface area contributed by atoms with Crippen LogP contribution in [0.1, 0.15) is 22.9 Å². The molecule has 0 bridgehead atoms. The molecule has 23 heavy (non-hydrogen) atoms. The molecule has 7 heteroatoms. The monoisotopic (exact) mass is 316 g/mol. The number of oxazole rings is 1. The summed E-state index contributed by atoms with van der Waals surface area (Å²) in [6, 6.07) is 3.97. The van der Waals surface area contributed by atoms with E-state index in [1.807, 2.05) is 45.0 Å². The molecule has 2 N–H and O–H groups in total. The molecule has 0 aliphatic carbocycles. The highest BCUT2D eigenvalue weighted by atomic mass is 16.4. The lowest BCUT2D eigenvalue weighted by molar-refractivity contribution is 0.463. The van der Waals surface area contributed by atoms with Crippen LogP contribution < -0.4 is 15.5 Å². The van der Waals surface area contributed by atoms with Crippen molar-refractivity contribution >= 4 is 11.8 Å². The molecule has 7 nitrogen and oxygen atoms in total. The zero-order valence-corrected chi connectivity index (χ0v) is 14.3. The Morgan fingerprint density at radius 1 is 1.26 bits per heavy atom. The number of rotatable bonds is 5. The van der Waals surface area contributed by atoms with Gasteiger partial charge in [0.05, 0.1) is 12.2 Å². The Labute approximate surface area is 136 Å². The van der Waals surface area contributed by atoms with E-state index in [4.69, 9.17) is 4.42 Å². The molecule has 0 aliphatic rings. The van der Waals surface area contributed by atoms with Crippen LogP contribution in [0.5, 0.6) is 0 Å². The van der Waals surface area contributed by atoms with Gasteiger partial charge < -0.3 is 20.0 Å². The largest absolute Gasteiger partial charge is 0.444 e. The number of guanidine groups is 1. The molecule has 0 spiro atoms. The molecule has 0 radical (unpaired) electrons. The molecule has 0 atom stereocenters. The molecule has 0 amide bonds. The van der Waals surface area contributed by atoms with E-state index in [-0.39, 0.29) is 0 Å². The number of pyridine rings is 1. The fraction of sp³-hybridized carbons (Fsp3) is 0.438. The van der Waals surface area contributed by atoms with Crippen molar-refractivity contribution in [3.05, 3.63) is 41.2 Å². The minimum atomic E-state index is 0.488. The number of aromatic nitrogens is 2. The summed E-state index contributed by atoms with van der Waals surface area (Å²) in [6.07, 6.45) is 1.79. The predicted octanol–water partition coefficient (Wildman–Crippen LogP) is 1.62. The van der Waals surface area contributed by atoms with E-state index in [0.29, 0.717) is 24.9 Å². The first-order chi connectivity index (χ1) is 11.0. The second-order valence-electron chi connectivity index (χ2n) is 5.41. The Kier molecular flexibility index (Phi) is 5.56. The topological polar surface area (TPSA) is 78.6 Å². The maximum absolute atomic E-state index is 5.55. The van der Waals surface area contributed by atoms with Crippen molar-refractivity contribution in [1.82, 2.24) is 20.6 Å². The highest BCUT2D eigenvalue weighted by Crippen LogP contribution is 2.13. The van der Waals surface area contributed by atoms with Gasteiger partial charge in [0.2, 0.25) is 5.89 Å². The average Bonchev–Trinajstić information content (AvgIpc) is 2.86. The number of hydrogen-bond acceptors (Lipinski definition) is 5. The highest BCUT2D eigenvalue weighted by Gasteiger charge is 2.08. The summed E-state index contributed by atoms with van der Waals surface area (Å²) in [5.74, 6) is 3.12. The maximum Gasteiger partial charge on any atom is 0.214 e. The van der Waals surface area contributed by atoms with E-state index in [9.17, 15) is 0 Å². The first-order valence-corrected chi connectivity index (χ1v) is 7.50. The van der Waals surface area contributed by atoms with E-state index in [1.54, 1.807) is 13.2 Å². The summed E-state index contributed by atoms with van der Waals surface area (Å²) < 4.78 is 5.55. The minimum absolute atomic E-state index is 0.488. The van der Waals surface area contributed by atoms with Gasteiger partial charge >= 0.3 is 0 Å². The molecule has 2 aromatic rings. The minimum Gasteiger partial charge on any atom is -0.444 e. The first-order valence-electron chi connectivity index (χ1n) is 7.50. The molecule has 0 aliphatic heterocycles. The van der Waals surface area contributed by atoms with E-state index in [0.717, 1.165) is 22.8 Å². The van der Waals surface area contributed by atoms with E-state index in [2.05, 4.69) is 25.6 Å². The van der Waals surface area contributed by atoms with Crippen molar-refractivity contribution in [3.63, 3.8) is 0 Å². The van der Waals surface area contributed by atoms with Gasteiger partial charge in [-0.25, -0.2) is 9.97 Å². The molecule has 0 aromatic carbocycles. The molecular weight excluding hydrogens is 292 g/mol. The number of nitrogens with zero attached hydrogens (tertiary/aromatic N) is 4. The van der Waals surface area contributed by atoms with Gasteiger partial charge in [-0.15, -0.1) is 0 Å². The van der Waals surface area contributed by atoms with E-state index >= 15 is 0 Å². The Balaban J connectivity index is 1.93. The maximum atomic E-state index is 5.55. The molecule has 0 saturated carbocycles. The molecule has 2 heterocycles. The Morgan fingerprint density at radius 2 is 2.00 bits per heavy atom. The van der Waals surface area contributed by atoms with Crippen LogP contribution in [0.3, 0.4) is 0 Å². The van der Waals surface area contributed by atoms with Gasteiger partial charge in [-0.3, -0.25) is 4.99 Å². The number of anilines is 1. The van der Waals surface area contributed by atoms with Gasteiger partial charge in [-0.2, -0.15) is 0 Å². The van der Waals surface area contributed by atoms with Crippen molar-refractivity contribution in [2.75, 3.05) is 26.0 Å². The predicted molar refractivity (Wildman–Crippen MR) is 91.6 cm³/mol. The normalized spacial score (nSPS) is 11.4. The number of nitrogens with one attached hydrogen (secondary N) is 2. The van der Waals surface area contributed by atoms with Crippen LogP contribution in [0.15, 0.2) is 27.7 Å². The van der Waals surface area contributed by atoms with Gasteiger partial charge in [-0.1, -0.05) is 6.07 Å². The van der Waals surface area contributed by atoms with Gasteiger partial charge in [0.1, 0.15) is 11.6 Å². The SMILES string of the molecule is CN=C(NCc1nc(C)c(C)o1)NCc1cccnc1N(C)C. The van der Waals surface area contributed by atoms with Crippen molar-refractivity contribution in [2.24, 2.45) is 4.99 Å². The van der Waals surface area contributed by atoms with Crippen molar-refractivity contribution in [3.8, 4) is 0 Å².